The summed E-state index contributed by atoms with van der Waals surface area (Å²) in [6, 6.07) is 9.39. The van der Waals surface area contributed by atoms with Gasteiger partial charge in [0.2, 0.25) is 0 Å². The summed E-state index contributed by atoms with van der Waals surface area (Å²) in [5.41, 5.74) is 6.87. The molecule has 0 bridgehead atoms. The molecule has 0 aliphatic heterocycles. The maximum absolute atomic E-state index is 12.3. The molecule has 0 atom stereocenters. The molecule has 0 radical (unpaired) electrons. The number of nitrogen functional groups attached to an aromatic ring is 1. The first kappa shape index (κ1) is 23.6. The number of hydrogen-bond donors (Lipinski definition) is 4. The predicted molar refractivity (Wildman–Crippen MR) is 112 cm³/mol. The third-order valence-corrected chi connectivity index (χ3v) is 4.02. The van der Waals surface area contributed by atoms with Crippen LogP contribution in [-0.4, -0.2) is 31.3 Å². The fraction of sp³-hybridized carbons (Fsp3) is 0.167. The SMILES string of the molecule is CNC(=O)COc1cc(C(=N)N)ccc1CNC(=O)c1cc(Cl)cc(Cl)c1.Cl. The van der Waals surface area contributed by atoms with Crippen molar-refractivity contribution < 1.29 is 14.3 Å². The molecule has 28 heavy (non-hydrogen) atoms. The van der Waals surface area contributed by atoms with Crippen molar-refractivity contribution in [2.75, 3.05) is 13.7 Å². The third kappa shape index (κ3) is 6.60. The number of amides is 2. The van der Waals surface area contributed by atoms with Crippen LogP contribution in [0.15, 0.2) is 36.4 Å². The Morgan fingerprint density at radius 1 is 1.11 bits per heavy atom. The lowest BCUT2D eigenvalue weighted by atomic mass is 10.1. The van der Waals surface area contributed by atoms with Gasteiger partial charge in [0.25, 0.3) is 11.8 Å². The molecule has 2 aromatic rings. The van der Waals surface area contributed by atoms with Crippen LogP contribution in [0.5, 0.6) is 5.75 Å². The zero-order chi connectivity index (χ0) is 20.0. The number of nitrogens with two attached hydrogens (primary N) is 1. The quantitative estimate of drug-likeness (QED) is 0.387. The van der Waals surface area contributed by atoms with Gasteiger partial charge >= 0.3 is 0 Å². The monoisotopic (exact) mass is 444 g/mol. The average molecular weight is 446 g/mol. The van der Waals surface area contributed by atoms with Crippen LogP contribution in [-0.2, 0) is 11.3 Å². The summed E-state index contributed by atoms with van der Waals surface area (Å²) in [6.45, 7) is -0.0765. The Morgan fingerprint density at radius 3 is 2.32 bits per heavy atom. The normalized spacial score (nSPS) is 9.82. The van der Waals surface area contributed by atoms with Gasteiger partial charge in [0.15, 0.2) is 6.61 Å². The van der Waals surface area contributed by atoms with Gasteiger partial charge in [0.1, 0.15) is 11.6 Å². The third-order valence-electron chi connectivity index (χ3n) is 3.58. The minimum Gasteiger partial charge on any atom is -0.483 e. The molecule has 2 amide bonds. The summed E-state index contributed by atoms with van der Waals surface area (Å²) in [7, 11) is 1.49. The Bertz CT molecular complexity index is 870. The molecule has 150 valence electrons. The zero-order valence-electron chi connectivity index (χ0n) is 14.8. The lowest BCUT2D eigenvalue weighted by Crippen LogP contribution is -2.26. The summed E-state index contributed by atoms with van der Waals surface area (Å²) in [5.74, 6) is -0.473. The lowest BCUT2D eigenvalue weighted by molar-refractivity contribution is -0.122. The molecule has 0 aliphatic rings. The largest absolute Gasteiger partial charge is 0.483 e. The second kappa shape index (κ2) is 10.8. The van der Waals surface area contributed by atoms with Gasteiger partial charge in [-0.25, -0.2) is 0 Å². The summed E-state index contributed by atoms with van der Waals surface area (Å²) < 4.78 is 5.50. The van der Waals surface area contributed by atoms with Gasteiger partial charge in [-0.05, 0) is 24.3 Å². The number of ether oxygens (including phenoxy) is 1. The van der Waals surface area contributed by atoms with Crippen LogP contribution in [0.2, 0.25) is 10.0 Å². The first-order valence-corrected chi connectivity index (χ1v) is 8.60. The van der Waals surface area contributed by atoms with Crippen molar-refractivity contribution >= 4 is 53.3 Å². The fourth-order valence-corrected chi connectivity index (χ4v) is 2.71. The van der Waals surface area contributed by atoms with Crippen molar-refractivity contribution in [1.29, 1.82) is 5.41 Å². The van der Waals surface area contributed by atoms with Gasteiger partial charge in [0.05, 0.1) is 0 Å². The smallest absolute Gasteiger partial charge is 0.257 e. The second-order valence-corrected chi connectivity index (χ2v) is 6.41. The summed E-state index contributed by atoms with van der Waals surface area (Å²) >= 11 is 11.8. The molecule has 0 saturated carbocycles. The van der Waals surface area contributed by atoms with Crippen molar-refractivity contribution in [2.45, 2.75) is 6.54 Å². The van der Waals surface area contributed by atoms with Gasteiger partial charge in [-0.3, -0.25) is 15.0 Å². The van der Waals surface area contributed by atoms with Gasteiger partial charge in [-0.2, -0.15) is 0 Å². The Labute approximate surface area is 178 Å². The molecule has 5 N–H and O–H groups in total. The van der Waals surface area contributed by atoms with E-state index in [2.05, 4.69) is 10.6 Å². The van der Waals surface area contributed by atoms with E-state index in [0.29, 0.717) is 32.5 Å². The molecule has 0 heterocycles. The Morgan fingerprint density at radius 2 is 1.75 bits per heavy atom. The molecule has 2 rings (SSSR count). The number of likely N-dealkylation sites (N-methyl/N-ethyl adjacent to an activating group) is 1. The molecule has 10 heteroatoms. The van der Waals surface area contributed by atoms with Crippen molar-refractivity contribution in [3.63, 3.8) is 0 Å². The molecule has 0 aliphatic carbocycles. The number of amidine groups is 1. The topological polar surface area (TPSA) is 117 Å². The molecule has 0 aromatic heterocycles. The minimum absolute atomic E-state index is 0. The van der Waals surface area contributed by atoms with Crippen LogP contribution in [0, 0.1) is 5.41 Å². The van der Waals surface area contributed by atoms with E-state index in [1.54, 1.807) is 18.2 Å². The van der Waals surface area contributed by atoms with Crippen LogP contribution >= 0.6 is 35.6 Å². The number of nitrogens with one attached hydrogen (secondary N) is 3. The highest BCUT2D eigenvalue weighted by Gasteiger charge is 2.12. The molecule has 2 aromatic carbocycles. The van der Waals surface area contributed by atoms with Crippen LogP contribution in [0.25, 0.3) is 0 Å². The molecular formula is C18H19Cl3N4O3. The highest BCUT2D eigenvalue weighted by Crippen LogP contribution is 2.22. The van der Waals surface area contributed by atoms with E-state index in [1.807, 2.05) is 0 Å². The Hall–Kier alpha value is -2.48. The molecule has 0 unspecified atom stereocenters. The Kier molecular flexibility index (Phi) is 9.05. The highest BCUT2D eigenvalue weighted by molar-refractivity contribution is 6.35. The lowest BCUT2D eigenvalue weighted by Gasteiger charge is -2.13. The molecule has 7 nitrogen and oxygen atoms in total. The van der Waals surface area contributed by atoms with Crippen molar-refractivity contribution in [3.05, 3.63) is 63.1 Å². The number of hydrogen-bond acceptors (Lipinski definition) is 4. The van der Waals surface area contributed by atoms with E-state index in [-0.39, 0.29) is 43.2 Å². The van der Waals surface area contributed by atoms with E-state index in [9.17, 15) is 9.59 Å². The molecule has 0 spiro atoms. The van der Waals surface area contributed by atoms with Crippen LogP contribution in [0.1, 0.15) is 21.5 Å². The van der Waals surface area contributed by atoms with Crippen molar-refractivity contribution in [1.82, 2.24) is 10.6 Å². The number of carbonyl (C=O) groups excluding carboxylic acids is 2. The van der Waals surface area contributed by atoms with Crippen molar-refractivity contribution in [3.8, 4) is 5.75 Å². The summed E-state index contributed by atoms with van der Waals surface area (Å²) in [4.78, 5) is 23.8. The first-order valence-electron chi connectivity index (χ1n) is 7.85. The van der Waals surface area contributed by atoms with Gasteiger partial charge < -0.3 is 21.1 Å². The zero-order valence-corrected chi connectivity index (χ0v) is 17.2. The molecule has 0 fully saturated rings. The van der Waals surface area contributed by atoms with Gasteiger partial charge in [-0.15, -0.1) is 12.4 Å². The first-order chi connectivity index (χ1) is 12.8. The standard InChI is InChI=1S/C18H18Cl2N4O3.ClH/c1-23-16(25)9-27-15-6-10(17(21)22)2-3-11(15)8-24-18(26)12-4-13(19)7-14(20)5-12;/h2-7H,8-9H2,1H3,(H3,21,22)(H,23,25)(H,24,26);1H. The number of carbonyl (C=O) groups is 2. The summed E-state index contributed by atoms with van der Waals surface area (Å²) in [5, 5.41) is 13.4. The van der Waals surface area contributed by atoms with Crippen LogP contribution < -0.4 is 21.1 Å². The molecule has 0 saturated heterocycles. The fourth-order valence-electron chi connectivity index (χ4n) is 2.18. The number of halogens is 3. The maximum Gasteiger partial charge on any atom is 0.257 e. The maximum atomic E-state index is 12.3. The van der Waals surface area contributed by atoms with E-state index in [1.165, 1.54) is 25.2 Å². The minimum atomic E-state index is -0.368. The van der Waals surface area contributed by atoms with Crippen molar-refractivity contribution in [2.24, 2.45) is 5.73 Å². The Balaban J connectivity index is 0.00000392. The van der Waals surface area contributed by atoms with E-state index < -0.39 is 0 Å². The van der Waals surface area contributed by atoms with E-state index >= 15 is 0 Å². The molecular weight excluding hydrogens is 427 g/mol. The van der Waals surface area contributed by atoms with Crippen LogP contribution in [0.3, 0.4) is 0 Å². The number of benzene rings is 2. The average Bonchev–Trinajstić information content (AvgIpc) is 2.63. The van der Waals surface area contributed by atoms with Crippen LogP contribution in [0.4, 0.5) is 0 Å². The summed E-state index contributed by atoms with van der Waals surface area (Å²) in [6.07, 6.45) is 0. The van der Waals surface area contributed by atoms with E-state index in [0.717, 1.165) is 0 Å². The predicted octanol–water partition coefficient (Wildman–Crippen LogP) is 2.75. The van der Waals surface area contributed by atoms with Gasteiger partial charge in [0, 0.05) is 40.3 Å². The number of rotatable bonds is 7. The highest BCUT2D eigenvalue weighted by atomic mass is 35.5. The second-order valence-electron chi connectivity index (χ2n) is 5.54. The van der Waals surface area contributed by atoms with Gasteiger partial charge in [-0.1, -0.05) is 35.3 Å². The van der Waals surface area contributed by atoms with E-state index in [4.69, 9.17) is 39.1 Å².